The zero-order chi connectivity index (χ0) is 15.1. The first kappa shape index (κ1) is 15.5. The molecule has 0 saturated carbocycles. The van der Waals surface area contributed by atoms with E-state index in [1.807, 2.05) is 20.3 Å². The van der Waals surface area contributed by atoms with Crippen molar-refractivity contribution in [2.45, 2.75) is 52.4 Å². The molecular weight excluding hydrogens is 251 g/mol. The molecule has 2 heterocycles. The van der Waals surface area contributed by atoms with E-state index in [1.54, 1.807) is 0 Å². The monoisotopic (exact) mass is 276 g/mol. The maximum Gasteiger partial charge on any atom is 0.496 e. The van der Waals surface area contributed by atoms with Crippen LogP contribution in [-0.4, -0.2) is 42.3 Å². The average Bonchev–Trinajstić information content (AvgIpc) is 2.50. The van der Waals surface area contributed by atoms with Gasteiger partial charge in [0.05, 0.1) is 16.9 Å². The molecule has 2 rings (SSSR count). The van der Waals surface area contributed by atoms with Crippen LogP contribution in [0.3, 0.4) is 0 Å². The van der Waals surface area contributed by atoms with Crippen molar-refractivity contribution in [1.29, 1.82) is 0 Å². The molecule has 1 aliphatic heterocycles. The lowest BCUT2D eigenvalue weighted by Crippen LogP contribution is -2.41. The van der Waals surface area contributed by atoms with Crippen molar-refractivity contribution in [1.82, 2.24) is 9.88 Å². The Morgan fingerprint density at radius 3 is 2.15 bits per heavy atom. The van der Waals surface area contributed by atoms with Crippen molar-refractivity contribution in [2.75, 3.05) is 14.1 Å². The topological polar surface area (TPSA) is 34.6 Å². The standard InChI is InChI=1S/C15H25BN2O2/c1-11-8-12(9-17-13(11)10-18(6)7)16-19-14(2,3)15(4,5)20-16/h8-9H,10H2,1-7H3. The van der Waals surface area contributed by atoms with Crippen molar-refractivity contribution in [3.63, 3.8) is 0 Å². The Kier molecular flexibility index (Phi) is 3.97. The number of nitrogens with zero attached hydrogens (tertiary/aromatic N) is 2. The number of aromatic nitrogens is 1. The van der Waals surface area contributed by atoms with Crippen molar-refractivity contribution in [3.05, 3.63) is 23.5 Å². The van der Waals surface area contributed by atoms with Crippen LogP contribution in [0.1, 0.15) is 39.0 Å². The van der Waals surface area contributed by atoms with Crippen LogP contribution in [0, 0.1) is 6.92 Å². The summed E-state index contributed by atoms with van der Waals surface area (Å²) < 4.78 is 12.1. The van der Waals surface area contributed by atoms with Gasteiger partial charge in [0.1, 0.15) is 0 Å². The van der Waals surface area contributed by atoms with Gasteiger partial charge in [0.15, 0.2) is 0 Å². The highest BCUT2D eigenvalue weighted by atomic mass is 16.7. The second kappa shape index (κ2) is 5.13. The van der Waals surface area contributed by atoms with Crippen LogP contribution in [0.25, 0.3) is 0 Å². The van der Waals surface area contributed by atoms with Crippen molar-refractivity contribution >= 4 is 12.6 Å². The van der Waals surface area contributed by atoms with Gasteiger partial charge in [-0.05, 0) is 54.3 Å². The van der Waals surface area contributed by atoms with E-state index in [0.29, 0.717) is 0 Å². The van der Waals surface area contributed by atoms with Crippen molar-refractivity contribution in [2.24, 2.45) is 0 Å². The van der Waals surface area contributed by atoms with Gasteiger partial charge in [0.2, 0.25) is 0 Å². The molecule has 1 aromatic heterocycles. The molecule has 0 aliphatic carbocycles. The van der Waals surface area contributed by atoms with Gasteiger partial charge in [-0.2, -0.15) is 0 Å². The average molecular weight is 276 g/mol. The minimum absolute atomic E-state index is 0.312. The van der Waals surface area contributed by atoms with Gasteiger partial charge in [0, 0.05) is 18.2 Å². The smallest absolute Gasteiger partial charge is 0.399 e. The van der Waals surface area contributed by atoms with Crippen LogP contribution in [0.15, 0.2) is 12.3 Å². The van der Waals surface area contributed by atoms with Gasteiger partial charge in [-0.1, -0.05) is 6.07 Å². The van der Waals surface area contributed by atoms with Crippen molar-refractivity contribution in [3.8, 4) is 0 Å². The molecule has 0 N–H and O–H groups in total. The van der Waals surface area contributed by atoms with Gasteiger partial charge < -0.3 is 14.2 Å². The molecule has 1 aliphatic rings. The third-order valence-corrected chi connectivity index (χ3v) is 4.20. The summed E-state index contributed by atoms with van der Waals surface area (Å²) in [5.41, 5.74) is 2.63. The lowest BCUT2D eigenvalue weighted by atomic mass is 9.79. The quantitative estimate of drug-likeness (QED) is 0.788. The van der Waals surface area contributed by atoms with Gasteiger partial charge in [0.25, 0.3) is 0 Å². The fourth-order valence-corrected chi connectivity index (χ4v) is 2.20. The number of hydrogen-bond donors (Lipinski definition) is 0. The van der Waals surface area contributed by atoms with E-state index in [9.17, 15) is 0 Å². The molecule has 4 nitrogen and oxygen atoms in total. The summed E-state index contributed by atoms with van der Waals surface area (Å²) in [6.45, 7) is 11.2. The number of pyridine rings is 1. The number of rotatable bonds is 3. The molecular formula is C15H25BN2O2. The molecule has 1 saturated heterocycles. The van der Waals surface area contributed by atoms with Gasteiger partial charge in [-0.15, -0.1) is 0 Å². The Morgan fingerprint density at radius 1 is 1.15 bits per heavy atom. The first-order chi connectivity index (χ1) is 9.12. The summed E-state index contributed by atoms with van der Waals surface area (Å²) in [5.74, 6) is 0. The van der Waals surface area contributed by atoms with E-state index >= 15 is 0 Å². The summed E-state index contributed by atoms with van der Waals surface area (Å²) >= 11 is 0. The van der Waals surface area contributed by atoms with Gasteiger partial charge in [-0.25, -0.2) is 0 Å². The zero-order valence-electron chi connectivity index (χ0n) is 13.7. The fraction of sp³-hybridized carbons (Fsp3) is 0.667. The molecule has 1 fully saturated rings. The summed E-state index contributed by atoms with van der Waals surface area (Å²) in [4.78, 5) is 6.67. The van der Waals surface area contributed by atoms with Crippen LogP contribution in [-0.2, 0) is 15.9 Å². The summed E-state index contributed by atoms with van der Waals surface area (Å²) in [6, 6.07) is 2.12. The van der Waals surface area contributed by atoms with E-state index in [2.05, 4.69) is 50.6 Å². The van der Waals surface area contributed by atoms with Gasteiger partial charge in [-0.3, -0.25) is 4.98 Å². The normalized spacial score (nSPS) is 20.7. The van der Waals surface area contributed by atoms with Crippen LogP contribution in [0.5, 0.6) is 0 Å². The largest absolute Gasteiger partial charge is 0.496 e. The summed E-state index contributed by atoms with van der Waals surface area (Å²) in [6.07, 6.45) is 1.87. The van der Waals surface area contributed by atoms with E-state index in [-0.39, 0.29) is 18.3 Å². The maximum atomic E-state index is 6.05. The Hall–Kier alpha value is -0.905. The Labute approximate surface area is 122 Å². The molecule has 20 heavy (non-hydrogen) atoms. The van der Waals surface area contributed by atoms with Gasteiger partial charge >= 0.3 is 7.12 Å². The van der Waals surface area contributed by atoms with Crippen LogP contribution in [0.4, 0.5) is 0 Å². The van der Waals surface area contributed by atoms with Crippen molar-refractivity contribution < 1.29 is 9.31 Å². The molecule has 0 radical (unpaired) electrons. The second-order valence-electron chi connectivity index (χ2n) is 6.86. The number of aryl methyl sites for hydroxylation is 1. The maximum absolute atomic E-state index is 6.05. The minimum atomic E-state index is -0.334. The predicted octanol–water partition coefficient (Wildman–Crippen LogP) is 1.75. The van der Waals surface area contributed by atoms with E-state index in [0.717, 1.165) is 17.7 Å². The predicted molar refractivity (Wildman–Crippen MR) is 82.1 cm³/mol. The van der Waals surface area contributed by atoms with Crippen LogP contribution in [0.2, 0.25) is 0 Å². The molecule has 0 spiro atoms. The van der Waals surface area contributed by atoms with E-state index in [1.165, 1.54) is 5.56 Å². The van der Waals surface area contributed by atoms with Crippen LogP contribution >= 0.6 is 0 Å². The van der Waals surface area contributed by atoms with Crippen LogP contribution < -0.4 is 5.46 Å². The summed E-state index contributed by atoms with van der Waals surface area (Å²) in [5, 5.41) is 0. The lowest BCUT2D eigenvalue weighted by molar-refractivity contribution is 0.00578. The molecule has 0 amide bonds. The molecule has 0 atom stereocenters. The SMILES string of the molecule is Cc1cc(B2OC(C)(C)C(C)(C)O2)cnc1CN(C)C. The molecule has 0 unspecified atom stereocenters. The Bertz CT molecular complexity index is 485. The first-order valence-electron chi connectivity index (χ1n) is 7.08. The number of hydrogen-bond acceptors (Lipinski definition) is 4. The first-order valence-corrected chi connectivity index (χ1v) is 7.08. The molecule has 0 aromatic carbocycles. The van der Waals surface area contributed by atoms with E-state index < -0.39 is 0 Å². The Balaban J connectivity index is 2.22. The second-order valence-corrected chi connectivity index (χ2v) is 6.86. The summed E-state index contributed by atoms with van der Waals surface area (Å²) in [7, 11) is 3.76. The zero-order valence-corrected chi connectivity index (χ0v) is 13.7. The highest BCUT2D eigenvalue weighted by molar-refractivity contribution is 6.62. The Morgan fingerprint density at radius 2 is 1.70 bits per heavy atom. The lowest BCUT2D eigenvalue weighted by Gasteiger charge is -2.32. The van der Waals surface area contributed by atoms with E-state index in [4.69, 9.17) is 9.31 Å². The minimum Gasteiger partial charge on any atom is -0.399 e. The molecule has 1 aromatic rings. The highest BCUT2D eigenvalue weighted by Gasteiger charge is 2.51. The third kappa shape index (κ3) is 2.90. The highest BCUT2D eigenvalue weighted by Crippen LogP contribution is 2.36. The molecule has 5 heteroatoms. The third-order valence-electron chi connectivity index (χ3n) is 4.20. The molecule has 0 bridgehead atoms. The fourth-order valence-electron chi connectivity index (χ4n) is 2.20. The molecule has 110 valence electrons.